The molecular weight excluding hydrogens is 500 g/mol. The van der Waals surface area contributed by atoms with Gasteiger partial charge < -0.3 is 35.0 Å². The van der Waals surface area contributed by atoms with Crippen LogP contribution < -0.4 is 14.8 Å². The van der Waals surface area contributed by atoms with Crippen molar-refractivity contribution in [2.24, 2.45) is 4.99 Å². The van der Waals surface area contributed by atoms with Gasteiger partial charge in [-0.1, -0.05) is 31.2 Å². The molecule has 0 saturated carbocycles. The van der Waals surface area contributed by atoms with E-state index in [4.69, 9.17) is 14.5 Å². The molecule has 39 heavy (non-hydrogen) atoms. The average Bonchev–Trinajstić information content (AvgIpc) is 3.50. The number of nitrogens with one attached hydrogen (secondary N) is 1. The number of aliphatic imine (C=N–C) groups is 1. The van der Waals surface area contributed by atoms with Crippen molar-refractivity contribution in [1.29, 1.82) is 0 Å². The van der Waals surface area contributed by atoms with Gasteiger partial charge in [0.05, 0.1) is 16.9 Å². The van der Waals surface area contributed by atoms with Crippen molar-refractivity contribution in [3.63, 3.8) is 0 Å². The van der Waals surface area contributed by atoms with Crippen LogP contribution in [-0.4, -0.2) is 57.3 Å². The highest BCUT2D eigenvalue weighted by molar-refractivity contribution is 6.04. The Labute approximate surface area is 225 Å². The number of rotatable bonds is 7. The summed E-state index contributed by atoms with van der Waals surface area (Å²) in [5.41, 5.74) is 2.19. The molecule has 1 aliphatic heterocycles. The molecule has 0 atom stereocenters. The van der Waals surface area contributed by atoms with E-state index in [2.05, 4.69) is 5.32 Å². The number of fused-ring (bicyclic) bond motifs is 1. The summed E-state index contributed by atoms with van der Waals surface area (Å²) in [6.45, 7) is 2.06. The lowest BCUT2D eigenvalue weighted by atomic mass is 10.1. The zero-order chi connectivity index (χ0) is 27.7. The Balaban J connectivity index is 1.66. The third-order valence-corrected chi connectivity index (χ3v) is 6.33. The normalized spacial score (nSPS) is 12.4. The molecule has 0 radical (unpaired) electrons. The minimum Gasteiger partial charge on any atom is -0.505 e. The smallest absolute Gasteiger partial charge is 0.257 e. The SMILES string of the molecule is CCC(=Nc1c(Nc2cccc(C(=O)N(C)C)c2O)c(O)n(-c2ccccc2)c1O)c1ccc2c(c1)OCO2. The van der Waals surface area contributed by atoms with E-state index in [1.807, 2.05) is 25.1 Å². The molecule has 0 unspecified atom stereocenters. The summed E-state index contributed by atoms with van der Waals surface area (Å²) in [7, 11) is 3.17. The van der Waals surface area contributed by atoms with E-state index in [0.29, 0.717) is 29.3 Å². The van der Waals surface area contributed by atoms with E-state index < -0.39 is 0 Å². The zero-order valence-corrected chi connectivity index (χ0v) is 21.7. The van der Waals surface area contributed by atoms with Gasteiger partial charge in [-0.25, -0.2) is 9.56 Å². The zero-order valence-electron chi connectivity index (χ0n) is 21.7. The van der Waals surface area contributed by atoms with Crippen molar-refractivity contribution >= 4 is 28.7 Å². The number of anilines is 2. The standard InChI is InChI=1S/C29H28N4O6/c1-4-20(17-13-14-22-23(15-17)39-16-38-22)30-24-25(29(37)33(28(24)36)18-9-6-5-7-10-18)31-21-12-8-11-19(26(21)34)27(35)32(2)3/h5-15,31,34,36-37H,4,16H2,1-3H3. The van der Waals surface area contributed by atoms with Crippen molar-refractivity contribution in [2.75, 3.05) is 26.2 Å². The Morgan fingerprint density at radius 1 is 0.974 bits per heavy atom. The van der Waals surface area contributed by atoms with Crippen molar-refractivity contribution in [3.05, 3.63) is 77.9 Å². The Morgan fingerprint density at radius 2 is 1.72 bits per heavy atom. The first kappa shape index (κ1) is 25.5. The number of carbonyl (C=O) groups excluding carboxylic acids is 1. The summed E-state index contributed by atoms with van der Waals surface area (Å²) >= 11 is 0. The number of hydrogen-bond acceptors (Lipinski definition) is 8. The molecule has 0 bridgehead atoms. The number of aromatic nitrogens is 1. The quantitative estimate of drug-likeness (QED) is 0.189. The summed E-state index contributed by atoms with van der Waals surface area (Å²) in [5, 5.41) is 36.6. The Hall–Kier alpha value is -5.12. The molecule has 2 heterocycles. The Bertz CT molecular complexity index is 1580. The topological polar surface area (TPSA) is 129 Å². The van der Waals surface area contributed by atoms with E-state index in [0.717, 1.165) is 5.56 Å². The summed E-state index contributed by atoms with van der Waals surface area (Å²) in [4.78, 5) is 18.7. The molecule has 1 aromatic heterocycles. The Kier molecular flexibility index (Phi) is 6.76. The summed E-state index contributed by atoms with van der Waals surface area (Å²) in [6, 6.07) is 18.9. The minimum atomic E-state index is -0.389. The van der Waals surface area contributed by atoms with Gasteiger partial charge in [0.15, 0.2) is 22.9 Å². The van der Waals surface area contributed by atoms with Crippen LogP contribution in [0.5, 0.6) is 29.0 Å². The van der Waals surface area contributed by atoms with Crippen LogP contribution in [0.1, 0.15) is 29.3 Å². The molecule has 3 aromatic carbocycles. The predicted molar refractivity (Wildman–Crippen MR) is 148 cm³/mol. The highest BCUT2D eigenvalue weighted by Crippen LogP contribution is 2.49. The first-order valence-corrected chi connectivity index (χ1v) is 12.3. The maximum absolute atomic E-state index is 12.6. The number of aromatic hydroxyl groups is 3. The molecule has 1 aliphatic rings. The van der Waals surface area contributed by atoms with Gasteiger partial charge in [-0.3, -0.25) is 4.79 Å². The summed E-state index contributed by atoms with van der Waals surface area (Å²) in [5.74, 6) is -0.110. The van der Waals surface area contributed by atoms with Crippen molar-refractivity contribution in [3.8, 4) is 34.7 Å². The van der Waals surface area contributed by atoms with Crippen molar-refractivity contribution in [2.45, 2.75) is 13.3 Å². The highest BCUT2D eigenvalue weighted by Gasteiger charge is 2.26. The monoisotopic (exact) mass is 528 g/mol. The van der Waals surface area contributed by atoms with Crippen LogP contribution in [0.2, 0.25) is 0 Å². The number of phenols is 1. The lowest BCUT2D eigenvalue weighted by Crippen LogP contribution is -2.21. The maximum atomic E-state index is 12.6. The predicted octanol–water partition coefficient (Wildman–Crippen LogP) is 5.30. The summed E-state index contributed by atoms with van der Waals surface area (Å²) < 4.78 is 12.2. The lowest BCUT2D eigenvalue weighted by Gasteiger charge is -2.15. The third-order valence-electron chi connectivity index (χ3n) is 6.33. The number of benzene rings is 3. The number of para-hydroxylation sites is 2. The molecule has 0 aliphatic carbocycles. The molecule has 5 rings (SSSR count). The fourth-order valence-electron chi connectivity index (χ4n) is 4.33. The molecule has 4 N–H and O–H groups in total. The molecular formula is C29H28N4O6. The third kappa shape index (κ3) is 4.68. The molecule has 200 valence electrons. The minimum absolute atomic E-state index is 0.0489. The average molecular weight is 529 g/mol. The number of hydrogen-bond donors (Lipinski definition) is 4. The van der Waals surface area contributed by atoms with E-state index in [9.17, 15) is 20.1 Å². The first-order valence-electron chi connectivity index (χ1n) is 12.3. The molecule has 1 amide bonds. The summed E-state index contributed by atoms with van der Waals surface area (Å²) in [6.07, 6.45) is 0.494. The van der Waals surface area contributed by atoms with Crippen LogP contribution in [0.25, 0.3) is 5.69 Å². The molecule has 4 aromatic rings. The lowest BCUT2D eigenvalue weighted by molar-refractivity contribution is 0.0824. The van der Waals surface area contributed by atoms with E-state index in [1.165, 1.54) is 15.5 Å². The molecule has 10 nitrogen and oxygen atoms in total. The molecule has 0 saturated heterocycles. The second-order valence-corrected chi connectivity index (χ2v) is 9.05. The van der Waals surface area contributed by atoms with Gasteiger partial charge in [0, 0.05) is 19.8 Å². The number of phenolic OH excluding ortho intramolecular Hbond substituents is 1. The molecule has 10 heteroatoms. The van der Waals surface area contributed by atoms with Crippen LogP contribution in [-0.2, 0) is 0 Å². The largest absolute Gasteiger partial charge is 0.505 e. The van der Waals surface area contributed by atoms with Gasteiger partial charge in [-0.15, -0.1) is 0 Å². The molecule has 0 fully saturated rings. The molecule has 0 spiro atoms. The van der Waals surface area contributed by atoms with Crippen molar-refractivity contribution in [1.82, 2.24) is 9.47 Å². The van der Waals surface area contributed by atoms with Gasteiger partial charge >= 0.3 is 0 Å². The van der Waals surface area contributed by atoms with Crippen LogP contribution in [0.3, 0.4) is 0 Å². The fourth-order valence-corrected chi connectivity index (χ4v) is 4.33. The van der Waals surface area contributed by atoms with Gasteiger partial charge in [0.1, 0.15) is 5.69 Å². The van der Waals surface area contributed by atoms with Gasteiger partial charge in [-0.2, -0.15) is 0 Å². The van der Waals surface area contributed by atoms with E-state index in [1.54, 1.807) is 56.6 Å². The first-order chi connectivity index (χ1) is 18.8. The van der Waals surface area contributed by atoms with E-state index in [-0.39, 0.29) is 52.8 Å². The maximum Gasteiger partial charge on any atom is 0.257 e. The second-order valence-electron chi connectivity index (χ2n) is 9.05. The Morgan fingerprint density at radius 3 is 2.44 bits per heavy atom. The van der Waals surface area contributed by atoms with Crippen LogP contribution in [0, 0.1) is 0 Å². The highest BCUT2D eigenvalue weighted by atomic mass is 16.7. The number of carbonyl (C=O) groups is 1. The number of nitrogens with zero attached hydrogens (tertiary/aromatic N) is 3. The van der Waals surface area contributed by atoms with Gasteiger partial charge in [0.25, 0.3) is 5.91 Å². The van der Waals surface area contributed by atoms with E-state index >= 15 is 0 Å². The van der Waals surface area contributed by atoms with Gasteiger partial charge in [0.2, 0.25) is 18.6 Å². The fraction of sp³-hybridized carbons (Fsp3) is 0.172. The van der Waals surface area contributed by atoms with Gasteiger partial charge in [-0.05, 0) is 54.4 Å². The van der Waals surface area contributed by atoms with Crippen LogP contribution >= 0.6 is 0 Å². The van der Waals surface area contributed by atoms with Crippen molar-refractivity contribution < 1.29 is 29.6 Å². The number of ether oxygens (including phenoxy) is 2. The number of amides is 1. The second kappa shape index (κ2) is 10.3. The van der Waals surface area contributed by atoms with Crippen LogP contribution in [0.15, 0.2) is 71.7 Å². The van der Waals surface area contributed by atoms with Crippen LogP contribution in [0.4, 0.5) is 17.1 Å².